The van der Waals surface area contributed by atoms with Crippen molar-refractivity contribution in [2.75, 3.05) is 0 Å². The second kappa shape index (κ2) is 11.2. The molecule has 42 heavy (non-hydrogen) atoms. The molecule has 0 bridgehead atoms. The van der Waals surface area contributed by atoms with E-state index in [1.54, 1.807) is 0 Å². The molecule has 2 atom stereocenters. The van der Waals surface area contributed by atoms with E-state index in [1.165, 1.54) is 66.0 Å². The fourth-order valence-electron chi connectivity index (χ4n) is 8.42. The van der Waals surface area contributed by atoms with Gasteiger partial charge in [-0.3, -0.25) is 0 Å². The van der Waals surface area contributed by atoms with Gasteiger partial charge < -0.3 is 0 Å². The van der Waals surface area contributed by atoms with E-state index < -0.39 is 21.5 Å². The normalized spacial score (nSPS) is 18.7. The zero-order valence-electron chi connectivity index (χ0n) is 25.6. The van der Waals surface area contributed by atoms with E-state index in [-0.39, 0.29) is 7.25 Å². The Hall–Kier alpha value is -1.96. The predicted octanol–water partition coefficient (Wildman–Crippen LogP) is 9.58. The van der Waals surface area contributed by atoms with Crippen molar-refractivity contribution in [2.24, 2.45) is 0 Å². The molecule has 4 aromatic rings. The molecule has 215 valence electrons. The Balaban J connectivity index is 1.78. The van der Waals surface area contributed by atoms with Crippen molar-refractivity contribution in [3.8, 4) is 0 Å². The topological polar surface area (TPSA) is 0 Å². The van der Waals surface area contributed by atoms with Crippen LogP contribution in [0.4, 0.5) is 0 Å². The van der Waals surface area contributed by atoms with Crippen LogP contribution in [-0.2, 0) is 28.4 Å². The Labute approximate surface area is 261 Å². The standard InChI is InChI=1S/2C13H15.C12H11Si.2ClH.Zr/c2*1-4-11-6-5-10(3)12-7-9(2)8-13(11)12;1-3-7-11(8-4-1)13-12-9-5-2-6-10-12;;;/h2*5-8H,4H2,1-3H3;1-10,13H;2*1H;/q;;;;;+2/p-2. The van der Waals surface area contributed by atoms with Crippen LogP contribution < -0.4 is 10.4 Å². The number of fused-ring (bicyclic) bond motifs is 2. The summed E-state index contributed by atoms with van der Waals surface area (Å²) in [6.07, 6.45) is 6.87. The Morgan fingerprint density at radius 1 is 0.571 bits per heavy atom. The second-order valence-corrected chi connectivity index (χ2v) is 50.7. The average Bonchev–Trinajstić information content (AvgIpc) is 3.54. The van der Waals surface area contributed by atoms with Crippen LogP contribution in [0.1, 0.15) is 79.5 Å². The van der Waals surface area contributed by atoms with Crippen molar-refractivity contribution >= 4 is 45.5 Å². The fourth-order valence-corrected chi connectivity index (χ4v) is 59.9. The molecule has 0 fully saturated rings. The molecule has 2 unspecified atom stereocenters. The molecule has 0 spiro atoms. The number of allylic oxidation sites excluding steroid dienone is 2. The van der Waals surface area contributed by atoms with E-state index in [2.05, 4.69) is 139 Å². The van der Waals surface area contributed by atoms with Gasteiger partial charge in [0.1, 0.15) is 0 Å². The Morgan fingerprint density at radius 3 is 1.31 bits per heavy atom. The van der Waals surface area contributed by atoms with Crippen LogP contribution in [-0.4, -0.2) is 5.92 Å². The van der Waals surface area contributed by atoms with Crippen LogP contribution in [0.2, 0.25) is 0 Å². The molecule has 0 saturated heterocycles. The summed E-state index contributed by atoms with van der Waals surface area (Å²) in [6.45, 7) is 13.7. The number of halogens is 2. The van der Waals surface area contributed by atoms with Crippen molar-refractivity contribution in [2.45, 2.75) is 61.6 Å². The van der Waals surface area contributed by atoms with E-state index in [9.17, 15) is 0 Å². The zero-order valence-corrected chi connectivity index (χ0v) is 30.8. The van der Waals surface area contributed by atoms with Crippen LogP contribution >= 0.6 is 17.0 Å². The predicted molar refractivity (Wildman–Crippen MR) is 185 cm³/mol. The number of hydrogen-bond donors (Lipinski definition) is 0. The van der Waals surface area contributed by atoms with Gasteiger partial charge in [-0.1, -0.05) is 0 Å². The average molecular weight is 688 g/mol. The molecule has 0 radical (unpaired) electrons. The Bertz CT molecular complexity index is 1610. The van der Waals surface area contributed by atoms with Crippen LogP contribution in [0.25, 0.3) is 12.2 Å². The molecule has 4 aromatic carbocycles. The molecule has 0 nitrogen and oxygen atoms in total. The van der Waals surface area contributed by atoms with Crippen molar-refractivity contribution in [3.05, 3.63) is 141 Å². The summed E-state index contributed by atoms with van der Waals surface area (Å²) in [5, 5.41) is 2.71. The maximum atomic E-state index is 8.98. The number of benzene rings is 4. The molecule has 0 amide bonds. The number of aryl methyl sites for hydroxylation is 4. The van der Waals surface area contributed by atoms with Crippen LogP contribution in [0.15, 0.2) is 96.1 Å². The van der Waals surface area contributed by atoms with Gasteiger partial charge in [-0.05, 0) is 0 Å². The van der Waals surface area contributed by atoms with Crippen molar-refractivity contribution < 1.29 is 15.6 Å². The third-order valence-corrected chi connectivity index (χ3v) is 52.3. The summed E-state index contributed by atoms with van der Waals surface area (Å²) >= 11 is -5.20. The molecule has 4 heteroatoms. The van der Waals surface area contributed by atoms with Gasteiger partial charge in [0.15, 0.2) is 0 Å². The van der Waals surface area contributed by atoms with Gasteiger partial charge in [0.2, 0.25) is 0 Å². The van der Waals surface area contributed by atoms with E-state index in [4.69, 9.17) is 17.0 Å². The molecule has 2 aliphatic rings. The summed E-state index contributed by atoms with van der Waals surface area (Å²) in [5.74, 6) is -2.23. The quantitative estimate of drug-likeness (QED) is 0.170. The van der Waals surface area contributed by atoms with E-state index in [1.807, 2.05) is 0 Å². The summed E-state index contributed by atoms with van der Waals surface area (Å²) in [4.78, 5) is 0. The first-order valence-corrected chi connectivity index (χ1v) is 30.6. The maximum absolute atomic E-state index is 8.98. The van der Waals surface area contributed by atoms with Gasteiger partial charge in [-0.2, -0.15) is 0 Å². The Morgan fingerprint density at radius 2 is 0.952 bits per heavy atom. The van der Waals surface area contributed by atoms with Gasteiger partial charge in [-0.15, -0.1) is 0 Å². The summed E-state index contributed by atoms with van der Waals surface area (Å²) in [7, 11) is 18.0. The van der Waals surface area contributed by atoms with E-state index in [0.29, 0.717) is 0 Å². The summed E-state index contributed by atoms with van der Waals surface area (Å²) in [5.41, 5.74) is 13.6. The van der Waals surface area contributed by atoms with Crippen molar-refractivity contribution in [1.82, 2.24) is 0 Å². The van der Waals surface area contributed by atoms with Gasteiger partial charge in [-0.25, -0.2) is 0 Å². The summed E-state index contributed by atoms with van der Waals surface area (Å²) < 4.78 is 0.0784. The molecular formula is C38H41Cl2SiZr. The molecule has 0 N–H and O–H groups in total. The molecule has 0 saturated carbocycles. The molecule has 0 aromatic heterocycles. The first kappa shape index (κ1) is 30.1. The fraction of sp³-hybridized carbons (Fsp3) is 0.263. The molecular weight excluding hydrogens is 647 g/mol. The summed E-state index contributed by atoms with van der Waals surface area (Å²) in [6, 6.07) is 31.5. The molecule has 0 heterocycles. The van der Waals surface area contributed by atoms with Gasteiger partial charge >= 0.3 is 263 Å². The molecule has 6 rings (SSSR count). The van der Waals surface area contributed by atoms with Gasteiger partial charge in [0.25, 0.3) is 0 Å². The Kier molecular flexibility index (Phi) is 8.02. The van der Waals surface area contributed by atoms with E-state index >= 15 is 0 Å². The van der Waals surface area contributed by atoms with E-state index in [0.717, 1.165) is 12.8 Å². The monoisotopic (exact) mass is 685 g/mol. The van der Waals surface area contributed by atoms with Crippen LogP contribution in [0, 0.1) is 13.8 Å². The SMILES string of the molecule is CCc1ccc(C)c2c1C=C(C)[CH]2[Zr]([Cl])([Cl])([CH]1C(C)=Cc2c(CC)ccc(C)c21)[SiH](c1ccccc1)c1ccccc1. The minimum absolute atomic E-state index is 0.0392. The zero-order chi connectivity index (χ0) is 29.8. The first-order valence-electron chi connectivity index (χ1n) is 15.4. The van der Waals surface area contributed by atoms with Crippen molar-refractivity contribution in [1.29, 1.82) is 0 Å². The third-order valence-electron chi connectivity index (χ3n) is 10.1. The second-order valence-electron chi connectivity index (χ2n) is 12.6. The molecule has 2 aliphatic carbocycles. The van der Waals surface area contributed by atoms with Crippen LogP contribution in [0.5, 0.6) is 0 Å². The van der Waals surface area contributed by atoms with Gasteiger partial charge in [0, 0.05) is 0 Å². The molecule has 0 aliphatic heterocycles. The van der Waals surface area contributed by atoms with Gasteiger partial charge in [0.05, 0.1) is 0 Å². The minimum atomic E-state index is -5.20. The first-order chi connectivity index (χ1) is 20.1. The number of hydrogen-bond acceptors (Lipinski definition) is 0. The van der Waals surface area contributed by atoms with Crippen molar-refractivity contribution in [3.63, 3.8) is 0 Å². The van der Waals surface area contributed by atoms with Crippen LogP contribution in [0.3, 0.4) is 0 Å². The number of rotatable bonds is 7. The third kappa shape index (κ3) is 4.47.